The molecule has 1 N–H and O–H groups in total. The number of rotatable bonds is 2. The third-order valence-corrected chi connectivity index (χ3v) is 1.85. The van der Waals surface area contributed by atoms with Crippen molar-refractivity contribution in [2.75, 3.05) is 0 Å². The maximum Gasteiger partial charge on any atom is 0.416 e. The molecule has 0 saturated heterocycles. The minimum atomic E-state index is -4.48. The van der Waals surface area contributed by atoms with E-state index in [1.807, 2.05) is 0 Å². The molecule has 5 heteroatoms. The number of halogens is 3. The van der Waals surface area contributed by atoms with Crippen LogP contribution < -0.4 is 0 Å². The third-order valence-electron chi connectivity index (χ3n) is 1.85. The van der Waals surface area contributed by atoms with E-state index in [1.165, 1.54) is 6.92 Å². The van der Waals surface area contributed by atoms with Crippen molar-refractivity contribution in [2.45, 2.75) is 19.5 Å². The molecule has 0 spiro atoms. The number of carbonyl (C=O) groups excluding carboxylic acids is 1. The highest BCUT2D eigenvalue weighted by molar-refractivity contribution is 5.78. The van der Waals surface area contributed by atoms with Crippen molar-refractivity contribution < 1.29 is 23.1 Å². The summed E-state index contributed by atoms with van der Waals surface area (Å²) in [6.45, 7) is 1.30. The molecule has 0 heterocycles. The second-order valence-corrected chi connectivity index (χ2v) is 3.22. The van der Waals surface area contributed by atoms with Crippen molar-refractivity contribution in [3.63, 3.8) is 0 Å². The van der Waals surface area contributed by atoms with Crippen molar-refractivity contribution in [3.8, 4) is 5.75 Å². The van der Waals surface area contributed by atoms with Crippen LogP contribution in [0.25, 0.3) is 0 Å². The van der Waals surface area contributed by atoms with Crippen LogP contribution in [0.15, 0.2) is 18.2 Å². The first kappa shape index (κ1) is 11.6. The fourth-order valence-electron chi connectivity index (χ4n) is 1.16. The predicted octanol–water partition coefficient (Wildman–Crippen LogP) is 2.54. The van der Waals surface area contributed by atoms with Gasteiger partial charge in [0.15, 0.2) is 0 Å². The molecule has 0 atom stereocenters. The fraction of sp³-hybridized carbons (Fsp3) is 0.300. The molecule has 15 heavy (non-hydrogen) atoms. The van der Waals surface area contributed by atoms with Crippen LogP contribution in [0.2, 0.25) is 0 Å². The number of ketones is 1. The van der Waals surface area contributed by atoms with E-state index in [-0.39, 0.29) is 17.8 Å². The molecule has 0 aliphatic rings. The SMILES string of the molecule is CC(=O)Cc1ccc(C(F)(F)F)cc1O. The second kappa shape index (κ2) is 3.92. The van der Waals surface area contributed by atoms with Gasteiger partial charge in [0.1, 0.15) is 11.5 Å². The van der Waals surface area contributed by atoms with Gasteiger partial charge in [0.05, 0.1) is 5.56 Å². The Morgan fingerprint density at radius 1 is 1.40 bits per heavy atom. The van der Waals surface area contributed by atoms with Crippen LogP contribution in [0.3, 0.4) is 0 Å². The number of phenols is 1. The van der Waals surface area contributed by atoms with Gasteiger partial charge in [0.25, 0.3) is 0 Å². The van der Waals surface area contributed by atoms with Gasteiger partial charge >= 0.3 is 6.18 Å². The maximum atomic E-state index is 12.2. The number of Topliss-reactive ketones (excluding diaryl/α,β-unsaturated/α-hetero) is 1. The average Bonchev–Trinajstić information content (AvgIpc) is 2.05. The smallest absolute Gasteiger partial charge is 0.416 e. The third kappa shape index (κ3) is 2.97. The number of aromatic hydroxyl groups is 1. The van der Waals surface area contributed by atoms with Gasteiger partial charge in [0, 0.05) is 12.0 Å². The van der Waals surface area contributed by atoms with Crippen LogP contribution in [0, 0.1) is 0 Å². The highest BCUT2D eigenvalue weighted by Gasteiger charge is 2.31. The minimum absolute atomic E-state index is 0.0655. The molecule has 1 aromatic carbocycles. The summed E-state index contributed by atoms with van der Waals surface area (Å²) in [4.78, 5) is 10.7. The van der Waals surface area contributed by atoms with E-state index in [0.29, 0.717) is 6.07 Å². The largest absolute Gasteiger partial charge is 0.508 e. The Kier molecular flexibility index (Phi) is 3.02. The van der Waals surface area contributed by atoms with Gasteiger partial charge in [-0.25, -0.2) is 0 Å². The van der Waals surface area contributed by atoms with E-state index < -0.39 is 17.5 Å². The summed E-state index contributed by atoms with van der Waals surface area (Å²) < 4.78 is 36.6. The molecule has 2 nitrogen and oxygen atoms in total. The van der Waals surface area contributed by atoms with Gasteiger partial charge in [-0.1, -0.05) is 6.07 Å². The Morgan fingerprint density at radius 2 is 2.00 bits per heavy atom. The Bertz CT molecular complexity index is 383. The molecular formula is C10H9F3O2. The number of carbonyl (C=O) groups is 1. The summed E-state index contributed by atoms with van der Waals surface area (Å²) >= 11 is 0. The number of benzene rings is 1. The number of alkyl halides is 3. The summed E-state index contributed by atoms with van der Waals surface area (Å²) in [5.41, 5.74) is -0.720. The zero-order valence-corrected chi connectivity index (χ0v) is 7.93. The van der Waals surface area contributed by atoms with E-state index in [9.17, 15) is 23.1 Å². The van der Waals surface area contributed by atoms with E-state index in [0.717, 1.165) is 12.1 Å². The molecule has 0 fully saturated rings. The molecule has 82 valence electrons. The van der Waals surface area contributed by atoms with Crippen molar-refractivity contribution >= 4 is 5.78 Å². The molecular weight excluding hydrogens is 209 g/mol. The van der Waals surface area contributed by atoms with Crippen molar-refractivity contribution in [2.24, 2.45) is 0 Å². The molecule has 1 rings (SSSR count). The van der Waals surface area contributed by atoms with Gasteiger partial charge in [-0.2, -0.15) is 13.2 Å². The first-order valence-corrected chi connectivity index (χ1v) is 4.19. The summed E-state index contributed by atoms with van der Waals surface area (Å²) in [5.74, 6) is -0.718. The molecule has 0 radical (unpaired) electrons. The first-order chi connectivity index (χ1) is 6.80. The number of hydrogen-bond donors (Lipinski definition) is 1. The highest BCUT2D eigenvalue weighted by atomic mass is 19.4. The molecule has 0 amide bonds. The highest BCUT2D eigenvalue weighted by Crippen LogP contribution is 2.32. The van der Waals surface area contributed by atoms with E-state index >= 15 is 0 Å². The Hall–Kier alpha value is -1.52. The average molecular weight is 218 g/mol. The van der Waals surface area contributed by atoms with Crippen LogP contribution in [-0.2, 0) is 17.4 Å². The van der Waals surface area contributed by atoms with Crippen molar-refractivity contribution in [1.82, 2.24) is 0 Å². The number of hydrogen-bond acceptors (Lipinski definition) is 2. The lowest BCUT2D eigenvalue weighted by Crippen LogP contribution is -2.05. The van der Waals surface area contributed by atoms with Gasteiger partial charge < -0.3 is 5.11 Å². The molecule has 1 aromatic rings. The Labute approximate surface area is 84.3 Å². The van der Waals surface area contributed by atoms with E-state index in [2.05, 4.69) is 0 Å². The molecule has 0 bridgehead atoms. The van der Waals surface area contributed by atoms with E-state index in [4.69, 9.17) is 0 Å². The number of phenolic OH excluding ortho intramolecular Hbond substituents is 1. The van der Waals surface area contributed by atoms with Crippen LogP contribution in [0.1, 0.15) is 18.1 Å². The van der Waals surface area contributed by atoms with Gasteiger partial charge in [-0.05, 0) is 19.1 Å². The Morgan fingerprint density at radius 3 is 2.40 bits per heavy atom. The van der Waals surface area contributed by atoms with Crippen LogP contribution in [0.4, 0.5) is 13.2 Å². The normalized spacial score (nSPS) is 11.5. The van der Waals surface area contributed by atoms with Crippen molar-refractivity contribution in [3.05, 3.63) is 29.3 Å². The van der Waals surface area contributed by atoms with E-state index in [1.54, 1.807) is 0 Å². The lowest BCUT2D eigenvalue weighted by atomic mass is 10.1. The van der Waals surface area contributed by atoms with Crippen LogP contribution in [0.5, 0.6) is 5.75 Å². The second-order valence-electron chi connectivity index (χ2n) is 3.22. The molecule has 0 aromatic heterocycles. The van der Waals surface area contributed by atoms with Gasteiger partial charge in [0.2, 0.25) is 0 Å². The summed E-state index contributed by atoms with van der Waals surface area (Å²) in [5, 5.41) is 9.25. The lowest BCUT2D eigenvalue weighted by molar-refractivity contribution is -0.137. The van der Waals surface area contributed by atoms with Gasteiger partial charge in [-0.15, -0.1) is 0 Å². The molecule has 0 unspecified atom stereocenters. The minimum Gasteiger partial charge on any atom is -0.508 e. The van der Waals surface area contributed by atoms with Crippen LogP contribution in [-0.4, -0.2) is 10.9 Å². The summed E-state index contributed by atoms with van der Waals surface area (Å²) in [6, 6.07) is 2.58. The molecule has 0 aliphatic carbocycles. The van der Waals surface area contributed by atoms with Crippen LogP contribution >= 0.6 is 0 Å². The van der Waals surface area contributed by atoms with Crippen molar-refractivity contribution in [1.29, 1.82) is 0 Å². The zero-order chi connectivity index (χ0) is 11.6. The predicted molar refractivity (Wildman–Crippen MR) is 47.5 cm³/mol. The lowest BCUT2D eigenvalue weighted by Gasteiger charge is -2.08. The Balaban J connectivity index is 3.03. The quantitative estimate of drug-likeness (QED) is 0.828. The topological polar surface area (TPSA) is 37.3 Å². The molecule has 0 aliphatic heterocycles. The summed E-state index contributed by atoms with van der Waals surface area (Å²) in [6.07, 6.45) is -4.55. The molecule has 0 saturated carbocycles. The zero-order valence-electron chi connectivity index (χ0n) is 7.93. The fourth-order valence-corrected chi connectivity index (χ4v) is 1.16. The standard InChI is InChI=1S/C10H9F3O2/c1-6(14)4-7-2-3-8(5-9(7)15)10(11,12)13/h2-3,5,15H,4H2,1H3. The maximum absolute atomic E-state index is 12.2. The first-order valence-electron chi connectivity index (χ1n) is 4.19. The monoisotopic (exact) mass is 218 g/mol. The summed E-state index contributed by atoms with van der Waals surface area (Å²) in [7, 11) is 0. The van der Waals surface area contributed by atoms with Gasteiger partial charge in [-0.3, -0.25) is 4.79 Å².